The second-order valence-electron chi connectivity index (χ2n) is 6.08. The van der Waals surface area contributed by atoms with Crippen LogP contribution in [0, 0.1) is 0 Å². The van der Waals surface area contributed by atoms with E-state index in [0.717, 1.165) is 19.5 Å². The summed E-state index contributed by atoms with van der Waals surface area (Å²) in [7, 11) is 0. The number of hydrogen-bond acceptors (Lipinski definition) is 6. The van der Waals surface area contributed by atoms with Crippen molar-refractivity contribution in [3.8, 4) is 0 Å². The van der Waals surface area contributed by atoms with Crippen molar-refractivity contribution in [2.75, 3.05) is 10.7 Å². The van der Waals surface area contributed by atoms with Crippen molar-refractivity contribution in [1.29, 1.82) is 0 Å². The highest BCUT2D eigenvalue weighted by atomic mass is 79.9. The lowest BCUT2D eigenvalue weighted by Gasteiger charge is -2.13. The minimum atomic E-state index is -0.855. The predicted molar refractivity (Wildman–Crippen MR) is 131 cm³/mol. The van der Waals surface area contributed by atoms with Gasteiger partial charge in [-0.05, 0) is 81.9 Å². The standard InChI is InChI=1S/C18H8Br4N2O4S2/c19-12-10-11(13(20)15(22)14(12)21)17(28)24(16(10)27)6-1-2-7-8(5-6)30-18(23-7)29-4-3-9(25)26/h1-2,5H,3-4H2,(H,25,26). The second kappa shape index (κ2) is 8.62. The average molecular weight is 700 g/mol. The molecule has 3 aromatic rings. The Hall–Kier alpha value is -0.790. The molecule has 1 N–H and O–H groups in total. The molecule has 0 radical (unpaired) electrons. The Morgan fingerprint density at radius 3 is 2.20 bits per heavy atom. The number of anilines is 1. The Balaban J connectivity index is 1.71. The molecule has 1 aliphatic heterocycles. The van der Waals surface area contributed by atoms with E-state index in [9.17, 15) is 14.4 Å². The molecule has 1 aromatic heterocycles. The number of aliphatic carboxylic acids is 1. The zero-order chi connectivity index (χ0) is 21.7. The van der Waals surface area contributed by atoms with Crippen molar-refractivity contribution in [2.24, 2.45) is 0 Å². The third-order valence-electron chi connectivity index (χ3n) is 4.25. The number of carboxylic acids is 1. The molecule has 154 valence electrons. The summed E-state index contributed by atoms with van der Waals surface area (Å²) in [4.78, 5) is 42.6. The molecule has 2 heterocycles. The molecule has 0 bridgehead atoms. The molecule has 0 fully saturated rings. The highest BCUT2D eigenvalue weighted by molar-refractivity contribution is 9.15. The summed E-state index contributed by atoms with van der Waals surface area (Å²) >= 11 is 16.4. The van der Waals surface area contributed by atoms with Gasteiger partial charge in [0.25, 0.3) is 11.8 Å². The first kappa shape index (κ1) is 22.4. The molecule has 0 aliphatic carbocycles. The van der Waals surface area contributed by atoms with E-state index in [0.29, 0.717) is 29.3 Å². The fraction of sp³-hybridized carbons (Fsp3) is 0.111. The first-order valence-corrected chi connectivity index (χ1v) is 13.2. The topological polar surface area (TPSA) is 87.6 Å². The van der Waals surface area contributed by atoms with E-state index in [4.69, 9.17) is 5.11 Å². The van der Waals surface area contributed by atoms with Gasteiger partial charge < -0.3 is 5.11 Å². The summed E-state index contributed by atoms with van der Waals surface area (Å²) < 4.78 is 3.83. The van der Waals surface area contributed by atoms with Crippen molar-refractivity contribution in [2.45, 2.75) is 10.8 Å². The number of amides is 2. The average Bonchev–Trinajstić information content (AvgIpc) is 3.21. The Bertz CT molecular complexity index is 1210. The molecule has 30 heavy (non-hydrogen) atoms. The number of fused-ring (bicyclic) bond motifs is 2. The Morgan fingerprint density at radius 2 is 1.63 bits per heavy atom. The SMILES string of the molecule is O=C(O)CCSc1nc2ccc(N3C(=O)c4c(Br)c(Br)c(Br)c(Br)c4C3=O)cc2s1. The number of carboxylic acid groups (broad SMARTS) is 1. The molecule has 0 atom stereocenters. The van der Waals surface area contributed by atoms with E-state index in [2.05, 4.69) is 68.7 Å². The normalized spacial score (nSPS) is 13.4. The second-order valence-corrected chi connectivity index (χ2v) is 11.6. The number of aromatic nitrogens is 1. The highest BCUT2D eigenvalue weighted by Gasteiger charge is 2.42. The molecule has 12 heteroatoms. The van der Waals surface area contributed by atoms with Crippen LogP contribution in [0.4, 0.5) is 5.69 Å². The number of halogens is 4. The largest absolute Gasteiger partial charge is 0.481 e. The number of carbonyl (C=O) groups is 3. The quantitative estimate of drug-likeness (QED) is 0.138. The maximum atomic E-state index is 13.1. The number of thioether (sulfide) groups is 1. The number of rotatable bonds is 5. The minimum absolute atomic E-state index is 0.0513. The smallest absolute Gasteiger partial charge is 0.304 e. The fourth-order valence-electron chi connectivity index (χ4n) is 2.90. The highest BCUT2D eigenvalue weighted by Crippen LogP contribution is 2.46. The zero-order valence-corrected chi connectivity index (χ0v) is 22.5. The Kier molecular flexibility index (Phi) is 6.44. The van der Waals surface area contributed by atoms with Gasteiger partial charge in [-0.2, -0.15) is 0 Å². The van der Waals surface area contributed by atoms with Crippen LogP contribution in [0.15, 0.2) is 40.4 Å². The van der Waals surface area contributed by atoms with Crippen LogP contribution in [-0.2, 0) is 4.79 Å². The molecule has 0 unspecified atom stereocenters. The molecule has 1 aliphatic rings. The van der Waals surface area contributed by atoms with Gasteiger partial charge in [0.15, 0.2) is 4.34 Å². The summed E-state index contributed by atoms with van der Waals surface area (Å²) in [5.74, 6) is -1.27. The summed E-state index contributed by atoms with van der Waals surface area (Å²) in [5, 5.41) is 8.77. The Morgan fingerprint density at radius 1 is 1.03 bits per heavy atom. The Labute approximate surface area is 211 Å². The molecule has 2 aromatic carbocycles. The number of carbonyl (C=O) groups excluding carboxylic acids is 2. The van der Waals surface area contributed by atoms with Crippen molar-refractivity contribution in [3.63, 3.8) is 0 Å². The number of hydrogen-bond donors (Lipinski definition) is 1. The van der Waals surface area contributed by atoms with Gasteiger partial charge in [-0.3, -0.25) is 14.4 Å². The lowest BCUT2D eigenvalue weighted by molar-refractivity contribution is -0.136. The van der Waals surface area contributed by atoms with Gasteiger partial charge in [0.05, 0.1) is 33.5 Å². The van der Waals surface area contributed by atoms with Crippen molar-refractivity contribution < 1.29 is 19.5 Å². The third kappa shape index (κ3) is 3.79. The minimum Gasteiger partial charge on any atom is -0.481 e. The lowest BCUT2D eigenvalue weighted by atomic mass is 10.1. The zero-order valence-electron chi connectivity index (χ0n) is 14.5. The first-order valence-electron chi connectivity index (χ1n) is 8.20. The number of benzene rings is 2. The van der Waals surface area contributed by atoms with Crippen LogP contribution in [0.5, 0.6) is 0 Å². The van der Waals surface area contributed by atoms with Crippen LogP contribution in [0.3, 0.4) is 0 Å². The van der Waals surface area contributed by atoms with Crippen molar-refractivity contribution >= 4 is 121 Å². The molecule has 0 spiro atoms. The van der Waals surface area contributed by atoms with Crippen molar-refractivity contribution in [1.82, 2.24) is 4.98 Å². The van der Waals surface area contributed by atoms with Gasteiger partial charge in [0, 0.05) is 23.6 Å². The van der Waals surface area contributed by atoms with E-state index in [1.54, 1.807) is 18.2 Å². The van der Waals surface area contributed by atoms with Crippen LogP contribution >= 0.6 is 86.8 Å². The lowest BCUT2D eigenvalue weighted by Crippen LogP contribution is -2.29. The molecule has 6 nitrogen and oxygen atoms in total. The van der Waals surface area contributed by atoms with E-state index < -0.39 is 17.8 Å². The monoisotopic (exact) mass is 696 g/mol. The molecule has 2 amide bonds. The predicted octanol–water partition coefficient (Wildman–Crippen LogP) is 6.71. The maximum Gasteiger partial charge on any atom is 0.304 e. The van der Waals surface area contributed by atoms with Gasteiger partial charge in [-0.15, -0.1) is 11.3 Å². The van der Waals surface area contributed by atoms with Gasteiger partial charge in [-0.25, -0.2) is 9.88 Å². The van der Waals surface area contributed by atoms with Gasteiger partial charge in [0.1, 0.15) is 0 Å². The maximum absolute atomic E-state index is 13.1. The number of imide groups is 1. The summed E-state index contributed by atoms with van der Waals surface area (Å²) in [6.45, 7) is 0. The van der Waals surface area contributed by atoms with Crippen molar-refractivity contribution in [3.05, 3.63) is 47.2 Å². The van der Waals surface area contributed by atoms with Crippen LogP contribution < -0.4 is 4.90 Å². The van der Waals surface area contributed by atoms with Crippen LogP contribution in [-0.4, -0.2) is 33.6 Å². The molecular weight excluding hydrogens is 692 g/mol. The van der Waals surface area contributed by atoms with Gasteiger partial charge >= 0.3 is 5.97 Å². The van der Waals surface area contributed by atoms with Crippen LogP contribution in [0.25, 0.3) is 10.2 Å². The molecule has 0 saturated carbocycles. The summed E-state index contributed by atoms with van der Waals surface area (Å²) in [6, 6.07) is 5.19. The summed E-state index contributed by atoms with van der Waals surface area (Å²) in [6.07, 6.45) is 0.0513. The van der Waals surface area contributed by atoms with Crippen LogP contribution in [0.1, 0.15) is 27.1 Å². The van der Waals surface area contributed by atoms with E-state index in [1.807, 2.05) is 0 Å². The fourth-order valence-corrected chi connectivity index (χ4v) is 7.46. The molecule has 4 rings (SSSR count). The first-order chi connectivity index (χ1) is 14.2. The van der Waals surface area contributed by atoms with E-state index in [1.165, 1.54) is 23.1 Å². The number of nitrogens with zero attached hydrogens (tertiary/aromatic N) is 2. The van der Waals surface area contributed by atoms with E-state index >= 15 is 0 Å². The molecule has 0 saturated heterocycles. The van der Waals surface area contributed by atoms with Crippen LogP contribution in [0.2, 0.25) is 0 Å². The summed E-state index contributed by atoms with van der Waals surface area (Å²) in [5.41, 5.74) is 1.75. The van der Waals surface area contributed by atoms with Gasteiger partial charge in [0.2, 0.25) is 0 Å². The van der Waals surface area contributed by atoms with Gasteiger partial charge in [-0.1, -0.05) is 11.8 Å². The third-order valence-corrected chi connectivity index (χ3v) is 11.2. The molecular formula is C18H8Br4N2O4S2. The van der Waals surface area contributed by atoms with E-state index in [-0.39, 0.29) is 17.5 Å². The number of thiazole rings is 1.